The fourth-order valence-corrected chi connectivity index (χ4v) is 2.97. The summed E-state index contributed by atoms with van der Waals surface area (Å²) in [5.41, 5.74) is 0.422. The minimum Gasteiger partial charge on any atom is -0.467 e. The molecule has 10 heteroatoms. The average molecular weight is 351 g/mol. The van der Waals surface area contributed by atoms with Gasteiger partial charge in [-0.2, -0.15) is 0 Å². The molecule has 0 heterocycles. The van der Waals surface area contributed by atoms with Crippen molar-refractivity contribution in [1.82, 2.24) is 0 Å². The predicted octanol–water partition coefficient (Wildman–Crippen LogP) is 3.24. The van der Waals surface area contributed by atoms with Crippen molar-refractivity contribution in [2.24, 2.45) is 0 Å². The lowest BCUT2D eigenvalue weighted by atomic mass is 10.1. The molecule has 1 aromatic rings. The Kier molecular flexibility index (Phi) is 6.34. The highest BCUT2D eigenvalue weighted by molar-refractivity contribution is 7.59. The Balaban J connectivity index is 3.02. The van der Waals surface area contributed by atoms with E-state index >= 15 is 0 Å². The number of nitrogens with zero attached hydrogens (tertiary/aromatic N) is 1. The van der Waals surface area contributed by atoms with Crippen molar-refractivity contribution in [1.29, 1.82) is 0 Å². The third kappa shape index (κ3) is 4.98. The topological polar surface area (TPSA) is 108 Å². The highest BCUT2D eigenvalue weighted by atomic mass is 35.5. The SMILES string of the molecule is CCc1cc(Cl)c(NP(C)(=O)OCC(=O)OC)cc1[N+](=O)[O-]. The maximum Gasteiger partial charge on any atom is 0.332 e. The van der Waals surface area contributed by atoms with Gasteiger partial charge in [0.15, 0.2) is 6.61 Å². The van der Waals surface area contributed by atoms with Gasteiger partial charge in [0.1, 0.15) is 0 Å². The van der Waals surface area contributed by atoms with E-state index in [2.05, 4.69) is 9.82 Å². The summed E-state index contributed by atoms with van der Waals surface area (Å²) >= 11 is 6.03. The molecule has 0 aromatic heterocycles. The summed E-state index contributed by atoms with van der Waals surface area (Å²) in [5, 5.41) is 13.7. The number of benzene rings is 1. The van der Waals surface area contributed by atoms with Gasteiger partial charge < -0.3 is 14.3 Å². The number of methoxy groups -OCH3 is 1. The summed E-state index contributed by atoms with van der Waals surface area (Å²) in [6, 6.07) is 2.63. The van der Waals surface area contributed by atoms with E-state index in [1.54, 1.807) is 6.92 Å². The molecule has 22 heavy (non-hydrogen) atoms. The van der Waals surface area contributed by atoms with Crippen molar-refractivity contribution in [3.8, 4) is 0 Å². The third-order valence-electron chi connectivity index (χ3n) is 2.73. The highest BCUT2D eigenvalue weighted by Gasteiger charge is 2.23. The van der Waals surface area contributed by atoms with Gasteiger partial charge in [0, 0.05) is 18.3 Å². The minimum atomic E-state index is -3.44. The van der Waals surface area contributed by atoms with Crippen LogP contribution in [-0.2, 0) is 25.0 Å². The molecular formula is C12H16ClN2O6P. The van der Waals surface area contributed by atoms with Gasteiger partial charge >= 0.3 is 5.97 Å². The van der Waals surface area contributed by atoms with E-state index < -0.39 is 25.0 Å². The Morgan fingerprint density at radius 2 is 2.14 bits per heavy atom. The monoisotopic (exact) mass is 350 g/mol. The smallest absolute Gasteiger partial charge is 0.332 e. The summed E-state index contributed by atoms with van der Waals surface area (Å²) < 4.78 is 21.5. The molecule has 1 unspecified atom stereocenters. The summed E-state index contributed by atoms with van der Waals surface area (Å²) in [7, 11) is -2.27. The number of carbonyl (C=O) groups excluding carboxylic acids is 1. The predicted molar refractivity (Wildman–Crippen MR) is 82.6 cm³/mol. The number of rotatable bonds is 7. The van der Waals surface area contributed by atoms with Gasteiger partial charge in [-0.15, -0.1) is 0 Å². The number of esters is 1. The number of nitro benzene ring substituents is 1. The van der Waals surface area contributed by atoms with Crippen LogP contribution < -0.4 is 5.09 Å². The Labute approximate surface area is 132 Å². The lowest BCUT2D eigenvalue weighted by molar-refractivity contribution is -0.385. The van der Waals surface area contributed by atoms with Crippen LogP contribution in [0.1, 0.15) is 12.5 Å². The maximum atomic E-state index is 12.2. The summed E-state index contributed by atoms with van der Waals surface area (Å²) in [6.07, 6.45) is 0.430. The molecule has 8 nitrogen and oxygen atoms in total. The van der Waals surface area contributed by atoms with Crippen LogP contribution in [0, 0.1) is 10.1 Å². The van der Waals surface area contributed by atoms with Crippen LogP contribution >= 0.6 is 19.1 Å². The van der Waals surface area contributed by atoms with Gasteiger partial charge in [-0.1, -0.05) is 18.5 Å². The first kappa shape index (κ1) is 18.4. The number of nitro groups is 1. The molecular weight excluding hydrogens is 335 g/mol. The minimum absolute atomic E-state index is 0.0984. The second kappa shape index (κ2) is 7.58. The zero-order chi connectivity index (χ0) is 16.9. The zero-order valence-corrected chi connectivity index (χ0v) is 13.9. The van der Waals surface area contributed by atoms with Crippen molar-refractivity contribution in [2.75, 3.05) is 25.5 Å². The number of hydrogen-bond acceptors (Lipinski definition) is 6. The summed E-state index contributed by atoms with van der Waals surface area (Å²) in [5.74, 6) is -0.692. The van der Waals surface area contributed by atoms with E-state index in [4.69, 9.17) is 16.1 Å². The zero-order valence-electron chi connectivity index (χ0n) is 12.3. The number of nitrogens with one attached hydrogen (secondary N) is 1. The van der Waals surface area contributed by atoms with E-state index in [0.717, 1.165) is 0 Å². The van der Waals surface area contributed by atoms with Crippen LogP contribution in [-0.4, -0.2) is 31.3 Å². The summed E-state index contributed by atoms with van der Waals surface area (Å²) in [4.78, 5) is 21.5. The van der Waals surface area contributed by atoms with E-state index in [1.807, 2.05) is 0 Å². The van der Waals surface area contributed by atoms with Gasteiger partial charge in [0.2, 0.25) is 0 Å². The lowest BCUT2D eigenvalue weighted by Gasteiger charge is -2.17. The fraction of sp³-hybridized carbons (Fsp3) is 0.417. The van der Waals surface area contributed by atoms with Crippen LogP contribution in [0.25, 0.3) is 0 Å². The Hall–Kier alpha value is -1.63. The number of aryl methyl sites for hydroxylation is 1. The van der Waals surface area contributed by atoms with Gasteiger partial charge in [-0.25, -0.2) is 4.79 Å². The average Bonchev–Trinajstić information content (AvgIpc) is 2.46. The number of anilines is 1. The largest absolute Gasteiger partial charge is 0.467 e. The van der Waals surface area contributed by atoms with Crippen molar-refractivity contribution in [2.45, 2.75) is 13.3 Å². The molecule has 0 spiro atoms. The number of ether oxygens (including phenoxy) is 1. The van der Waals surface area contributed by atoms with Crippen LogP contribution in [0.3, 0.4) is 0 Å². The molecule has 0 fully saturated rings. The van der Waals surface area contributed by atoms with Crippen molar-refractivity contribution in [3.63, 3.8) is 0 Å². The van der Waals surface area contributed by atoms with E-state index in [1.165, 1.54) is 25.9 Å². The van der Waals surface area contributed by atoms with Crippen molar-refractivity contribution in [3.05, 3.63) is 32.8 Å². The third-order valence-corrected chi connectivity index (χ3v) is 4.31. The van der Waals surface area contributed by atoms with E-state index in [9.17, 15) is 19.5 Å². The molecule has 122 valence electrons. The molecule has 0 aliphatic rings. The number of halogens is 1. The Morgan fingerprint density at radius 1 is 1.50 bits per heavy atom. The molecule has 0 radical (unpaired) electrons. The van der Waals surface area contributed by atoms with Gasteiger partial charge in [-0.3, -0.25) is 14.7 Å². The first-order valence-corrected chi connectivity index (χ1v) is 8.69. The summed E-state index contributed by atoms with van der Waals surface area (Å²) in [6.45, 7) is 2.48. The van der Waals surface area contributed by atoms with Gasteiger partial charge in [0.05, 0.1) is 22.7 Å². The molecule has 0 saturated carbocycles. The number of carbonyl (C=O) groups is 1. The Bertz CT molecular complexity index is 636. The first-order valence-electron chi connectivity index (χ1n) is 6.24. The highest BCUT2D eigenvalue weighted by Crippen LogP contribution is 2.45. The molecule has 1 N–H and O–H groups in total. The van der Waals surface area contributed by atoms with Crippen LogP contribution in [0.4, 0.5) is 11.4 Å². The molecule has 1 atom stereocenters. The molecule has 0 saturated heterocycles. The van der Waals surface area contributed by atoms with Crippen LogP contribution in [0.5, 0.6) is 0 Å². The quantitative estimate of drug-likeness (QED) is 0.348. The van der Waals surface area contributed by atoms with Crippen molar-refractivity contribution < 1.29 is 23.5 Å². The molecule has 0 aliphatic heterocycles. The second-order valence-corrected chi connectivity index (χ2v) is 6.96. The maximum absolute atomic E-state index is 12.2. The normalized spacial score (nSPS) is 13.3. The first-order chi connectivity index (χ1) is 10.2. The van der Waals surface area contributed by atoms with Crippen LogP contribution in [0.15, 0.2) is 12.1 Å². The molecule has 0 bridgehead atoms. The van der Waals surface area contributed by atoms with E-state index in [0.29, 0.717) is 12.0 Å². The van der Waals surface area contributed by atoms with Gasteiger partial charge in [-0.05, 0) is 12.5 Å². The van der Waals surface area contributed by atoms with Gasteiger partial charge in [0.25, 0.3) is 13.2 Å². The second-order valence-electron chi connectivity index (χ2n) is 4.38. The van der Waals surface area contributed by atoms with E-state index in [-0.39, 0.29) is 16.4 Å². The Morgan fingerprint density at radius 3 is 2.64 bits per heavy atom. The van der Waals surface area contributed by atoms with Crippen LogP contribution in [0.2, 0.25) is 5.02 Å². The molecule has 1 aromatic carbocycles. The fourth-order valence-electron chi connectivity index (χ4n) is 1.63. The molecule has 0 aliphatic carbocycles. The number of hydrogen-bond donors (Lipinski definition) is 1. The van der Waals surface area contributed by atoms with Crippen molar-refractivity contribution >= 4 is 36.5 Å². The molecule has 0 amide bonds. The standard InChI is InChI=1S/C12H16ClN2O6P/c1-4-8-5-9(13)10(6-11(8)15(17)18)14-22(3,19)21-7-12(16)20-2/h5-6H,4,7H2,1-3H3,(H,14,19). The lowest BCUT2D eigenvalue weighted by Crippen LogP contribution is -2.11. The molecule has 1 rings (SSSR count).